The average Bonchev–Trinajstić information content (AvgIpc) is 2.74. The van der Waals surface area contributed by atoms with Gasteiger partial charge < -0.3 is 9.80 Å². The zero-order valence-corrected chi connectivity index (χ0v) is 17.9. The van der Waals surface area contributed by atoms with E-state index in [2.05, 4.69) is 13.8 Å². The smallest absolute Gasteiger partial charge is 0.253 e. The molecule has 0 aromatic heterocycles. The summed E-state index contributed by atoms with van der Waals surface area (Å²) in [5, 5.41) is 0. The van der Waals surface area contributed by atoms with Gasteiger partial charge in [0.25, 0.3) is 5.91 Å². The van der Waals surface area contributed by atoms with E-state index < -0.39 is 11.6 Å². The Morgan fingerprint density at radius 2 is 1.45 bits per heavy atom. The molecule has 0 bridgehead atoms. The standard InChI is InChI=1S/C25H30N2O2/c1-18(2)16-25(24(29)26(4)19(3)23(28)27(25)5)17-22(20-12-8-6-9-13-20)21-14-10-7-11-15-21/h6-15,17-19H,16H2,1-5H3/t19-,25+/m0/s1. The fraction of sp³-hybridized carbons (Fsp3) is 0.360. The van der Waals surface area contributed by atoms with Crippen LogP contribution in [0.15, 0.2) is 66.7 Å². The van der Waals surface area contributed by atoms with Crippen LogP contribution in [-0.4, -0.2) is 47.3 Å². The van der Waals surface area contributed by atoms with Gasteiger partial charge in [-0.3, -0.25) is 9.59 Å². The van der Waals surface area contributed by atoms with E-state index in [9.17, 15) is 9.59 Å². The molecular weight excluding hydrogens is 360 g/mol. The van der Waals surface area contributed by atoms with E-state index >= 15 is 0 Å². The molecule has 152 valence electrons. The molecule has 0 saturated carbocycles. The van der Waals surface area contributed by atoms with Gasteiger partial charge >= 0.3 is 0 Å². The third-order valence-electron chi connectivity index (χ3n) is 5.83. The highest BCUT2D eigenvalue weighted by molar-refractivity contribution is 6.02. The summed E-state index contributed by atoms with van der Waals surface area (Å²) in [5.74, 6) is 0.162. The number of hydrogen-bond acceptors (Lipinski definition) is 2. The molecular formula is C25H30N2O2. The van der Waals surface area contributed by atoms with Gasteiger partial charge in [-0.25, -0.2) is 0 Å². The molecule has 0 aliphatic carbocycles. The Balaban J connectivity index is 2.27. The molecule has 29 heavy (non-hydrogen) atoms. The summed E-state index contributed by atoms with van der Waals surface area (Å²) in [6.07, 6.45) is 2.58. The van der Waals surface area contributed by atoms with Crippen molar-refractivity contribution in [2.24, 2.45) is 5.92 Å². The van der Waals surface area contributed by atoms with Crippen molar-refractivity contribution < 1.29 is 9.59 Å². The summed E-state index contributed by atoms with van der Waals surface area (Å²) in [5.41, 5.74) is 1.99. The van der Waals surface area contributed by atoms with Crippen LogP contribution in [0.1, 0.15) is 38.3 Å². The van der Waals surface area contributed by atoms with Gasteiger partial charge in [0, 0.05) is 14.1 Å². The molecule has 0 spiro atoms. The van der Waals surface area contributed by atoms with E-state index in [0.29, 0.717) is 6.42 Å². The largest absolute Gasteiger partial charge is 0.332 e. The Labute approximate surface area is 173 Å². The highest BCUT2D eigenvalue weighted by atomic mass is 16.2. The third-order valence-corrected chi connectivity index (χ3v) is 5.83. The molecule has 3 rings (SSSR count). The fourth-order valence-electron chi connectivity index (χ4n) is 4.14. The van der Waals surface area contributed by atoms with Crippen LogP contribution in [0.4, 0.5) is 0 Å². The number of carbonyl (C=O) groups is 2. The molecule has 2 aromatic carbocycles. The first-order chi connectivity index (χ1) is 13.8. The van der Waals surface area contributed by atoms with Gasteiger partial charge in [-0.2, -0.15) is 0 Å². The van der Waals surface area contributed by atoms with E-state index in [1.54, 1.807) is 30.8 Å². The van der Waals surface area contributed by atoms with Crippen molar-refractivity contribution >= 4 is 17.4 Å². The van der Waals surface area contributed by atoms with E-state index in [1.807, 2.05) is 66.7 Å². The fourth-order valence-corrected chi connectivity index (χ4v) is 4.14. The second-order valence-electron chi connectivity index (χ2n) is 8.30. The molecule has 1 heterocycles. The van der Waals surface area contributed by atoms with Gasteiger partial charge in [0.05, 0.1) is 0 Å². The summed E-state index contributed by atoms with van der Waals surface area (Å²) in [6.45, 7) is 5.96. The summed E-state index contributed by atoms with van der Waals surface area (Å²) < 4.78 is 0. The zero-order chi connectivity index (χ0) is 21.2. The number of amides is 2. The second kappa shape index (κ2) is 8.24. The highest BCUT2D eigenvalue weighted by Gasteiger charge is 2.51. The highest BCUT2D eigenvalue weighted by Crippen LogP contribution is 2.37. The number of hydrogen-bond donors (Lipinski definition) is 0. The minimum Gasteiger partial charge on any atom is -0.332 e. The normalized spacial score (nSPS) is 22.2. The maximum atomic E-state index is 13.6. The first-order valence-corrected chi connectivity index (χ1v) is 10.2. The lowest BCUT2D eigenvalue weighted by Crippen LogP contribution is -2.68. The van der Waals surface area contributed by atoms with Crippen LogP contribution in [0.5, 0.6) is 0 Å². The molecule has 1 aliphatic rings. The van der Waals surface area contributed by atoms with Gasteiger partial charge in [0.1, 0.15) is 11.6 Å². The molecule has 2 aromatic rings. The Morgan fingerprint density at radius 3 is 1.90 bits per heavy atom. The van der Waals surface area contributed by atoms with E-state index in [4.69, 9.17) is 0 Å². The molecule has 1 aliphatic heterocycles. The van der Waals surface area contributed by atoms with Gasteiger partial charge in [-0.05, 0) is 42.0 Å². The number of benzene rings is 2. The number of likely N-dealkylation sites (N-methyl/N-ethyl adjacent to an activating group) is 2. The monoisotopic (exact) mass is 390 g/mol. The van der Waals surface area contributed by atoms with Crippen LogP contribution in [0.2, 0.25) is 0 Å². The number of carbonyl (C=O) groups excluding carboxylic acids is 2. The molecule has 1 saturated heterocycles. The lowest BCUT2D eigenvalue weighted by molar-refractivity contribution is -0.164. The van der Waals surface area contributed by atoms with Crippen molar-refractivity contribution in [2.75, 3.05) is 14.1 Å². The Morgan fingerprint density at radius 1 is 0.966 bits per heavy atom. The van der Waals surface area contributed by atoms with Crippen LogP contribution in [-0.2, 0) is 9.59 Å². The van der Waals surface area contributed by atoms with E-state index in [-0.39, 0.29) is 17.7 Å². The van der Waals surface area contributed by atoms with Crippen LogP contribution in [0.3, 0.4) is 0 Å². The predicted molar refractivity (Wildman–Crippen MR) is 117 cm³/mol. The number of piperazine rings is 1. The molecule has 1 fully saturated rings. The van der Waals surface area contributed by atoms with E-state index in [1.165, 1.54) is 0 Å². The van der Waals surface area contributed by atoms with Crippen LogP contribution in [0.25, 0.3) is 5.57 Å². The predicted octanol–water partition coefficient (Wildman–Crippen LogP) is 4.22. The van der Waals surface area contributed by atoms with E-state index in [0.717, 1.165) is 16.7 Å². The molecule has 2 atom stereocenters. The Kier molecular flexibility index (Phi) is 5.92. The minimum atomic E-state index is -1.02. The average molecular weight is 391 g/mol. The summed E-state index contributed by atoms with van der Waals surface area (Å²) in [4.78, 5) is 29.9. The molecule has 0 N–H and O–H groups in total. The zero-order valence-electron chi connectivity index (χ0n) is 17.9. The topological polar surface area (TPSA) is 40.6 Å². The molecule has 4 heteroatoms. The van der Waals surface area contributed by atoms with Crippen molar-refractivity contribution in [3.63, 3.8) is 0 Å². The number of rotatable bonds is 5. The second-order valence-corrected chi connectivity index (χ2v) is 8.30. The molecule has 0 unspecified atom stereocenters. The SMILES string of the molecule is CC(C)C[C@@]1(C=C(c2ccccc2)c2ccccc2)C(=O)N(C)[C@@H](C)C(=O)N1C. The van der Waals surface area contributed by atoms with Crippen molar-refractivity contribution in [2.45, 2.75) is 38.8 Å². The van der Waals surface area contributed by atoms with Gasteiger partial charge in [-0.1, -0.05) is 74.5 Å². The molecule has 2 amide bonds. The van der Waals surface area contributed by atoms with Crippen LogP contribution < -0.4 is 0 Å². The maximum absolute atomic E-state index is 13.6. The van der Waals surface area contributed by atoms with Gasteiger partial charge in [0.2, 0.25) is 5.91 Å². The first-order valence-electron chi connectivity index (χ1n) is 10.2. The molecule has 4 nitrogen and oxygen atoms in total. The van der Waals surface area contributed by atoms with Crippen molar-refractivity contribution in [3.8, 4) is 0 Å². The summed E-state index contributed by atoms with van der Waals surface area (Å²) >= 11 is 0. The van der Waals surface area contributed by atoms with Crippen LogP contribution >= 0.6 is 0 Å². The lowest BCUT2D eigenvalue weighted by atomic mass is 9.79. The van der Waals surface area contributed by atoms with Crippen LogP contribution in [0, 0.1) is 5.92 Å². The van der Waals surface area contributed by atoms with Crippen molar-refractivity contribution in [3.05, 3.63) is 77.9 Å². The Bertz CT molecular complexity index is 863. The minimum absolute atomic E-state index is 0.0369. The third kappa shape index (κ3) is 3.84. The molecule has 0 radical (unpaired) electrons. The summed E-state index contributed by atoms with van der Waals surface area (Å²) in [6, 6.07) is 19.7. The van der Waals surface area contributed by atoms with Crippen molar-refractivity contribution in [1.82, 2.24) is 9.80 Å². The first kappa shape index (κ1) is 20.8. The van der Waals surface area contributed by atoms with Crippen molar-refractivity contribution in [1.29, 1.82) is 0 Å². The summed E-state index contributed by atoms with van der Waals surface area (Å²) in [7, 11) is 3.49. The van der Waals surface area contributed by atoms with Gasteiger partial charge in [0.15, 0.2) is 0 Å². The number of nitrogens with zero attached hydrogens (tertiary/aromatic N) is 2. The lowest BCUT2D eigenvalue weighted by Gasteiger charge is -2.49. The quantitative estimate of drug-likeness (QED) is 0.767. The maximum Gasteiger partial charge on any atom is 0.253 e. The Hall–Kier alpha value is -2.88. The van der Waals surface area contributed by atoms with Gasteiger partial charge in [-0.15, -0.1) is 0 Å².